The number of hydrogen-bond acceptors (Lipinski definition) is 6. The molecule has 0 unspecified atom stereocenters. The molecular formula is C18H20BrClN4O2. The van der Waals surface area contributed by atoms with Gasteiger partial charge in [-0.3, -0.25) is 0 Å². The summed E-state index contributed by atoms with van der Waals surface area (Å²) < 4.78 is 12.2. The van der Waals surface area contributed by atoms with E-state index in [9.17, 15) is 0 Å². The number of nitrogens with two attached hydrogens (primary N) is 1. The third kappa shape index (κ3) is 4.75. The lowest BCUT2D eigenvalue weighted by Gasteiger charge is -2.13. The fraction of sp³-hybridized carbons (Fsp3) is 0.222. The van der Waals surface area contributed by atoms with E-state index in [1.807, 2.05) is 36.4 Å². The highest BCUT2D eigenvalue weighted by molar-refractivity contribution is 9.10. The molecule has 0 aliphatic carbocycles. The van der Waals surface area contributed by atoms with Crippen LogP contribution < -0.4 is 20.5 Å². The number of nitrogens with zero attached hydrogens (tertiary/aromatic N) is 2. The number of benzene rings is 2. The van der Waals surface area contributed by atoms with Crippen LogP contribution >= 0.6 is 28.3 Å². The SMILES string of the molecule is COc1cc2ncnc(Nc3cccc(Br)c3)c2cc1OCCCN.Cl. The van der Waals surface area contributed by atoms with Crippen molar-refractivity contribution in [3.05, 3.63) is 47.2 Å². The number of hydrogen-bond donors (Lipinski definition) is 2. The van der Waals surface area contributed by atoms with Crippen molar-refractivity contribution in [1.82, 2.24) is 9.97 Å². The highest BCUT2D eigenvalue weighted by Crippen LogP contribution is 2.35. The van der Waals surface area contributed by atoms with E-state index in [4.69, 9.17) is 15.2 Å². The summed E-state index contributed by atoms with van der Waals surface area (Å²) in [5, 5.41) is 4.18. The fourth-order valence-corrected chi connectivity index (χ4v) is 2.80. The summed E-state index contributed by atoms with van der Waals surface area (Å²) in [4.78, 5) is 8.70. The molecule has 0 fully saturated rings. The van der Waals surface area contributed by atoms with E-state index in [1.54, 1.807) is 7.11 Å². The van der Waals surface area contributed by atoms with Gasteiger partial charge in [0.25, 0.3) is 0 Å². The van der Waals surface area contributed by atoms with Gasteiger partial charge in [0, 0.05) is 21.6 Å². The van der Waals surface area contributed by atoms with Gasteiger partial charge in [-0.2, -0.15) is 0 Å². The van der Waals surface area contributed by atoms with Gasteiger partial charge in [0.1, 0.15) is 12.1 Å². The molecule has 1 aromatic heterocycles. The van der Waals surface area contributed by atoms with Gasteiger partial charge in [-0.05, 0) is 37.2 Å². The van der Waals surface area contributed by atoms with Crippen LogP contribution in [0.15, 0.2) is 47.2 Å². The van der Waals surface area contributed by atoms with Crippen LogP contribution in [-0.4, -0.2) is 30.2 Å². The quantitative estimate of drug-likeness (QED) is 0.534. The second-order valence-electron chi connectivity index (χ2n) is 5.37. The minimum absolute atomic E-state index is 0. The number of methoxy groups -OCH3 is 1. The van der Waals surface area contributed by atoms with Gasteiger partial charge in [0.15, 0.2) is 11.5 Å². The minimum atomic E-state index is 0. The Morgan fingerprint density at radius 2 is 2.00 bits per heavy atom. The van der Waals surface area contributed by atoms with Crippen LogP contribution in [0.4, 0.5) is 11.5 Å². The maximum absolute atomic E-state index is 5.81. The molecule has 0 amide bonds. The fourth-order valence-electron chi connectivity index (χ4n) is 2.40. The third-order valence-electron chi connectivity index (χ3n) is 3.61. The molecular weight excluding hydrogens is 420 g/mol. The summed E-state index contributed by atoms with van der Waals surface area (Å²) in [5.74, 6) is 1.99. The molecule has 0 bridgehead atoms. The van der Waals surface area contributed by atoms with Crippen LogP contribution in [0, 0.1) is 0 Å². The van der Waals surface area contributed by atoms with Crippen molar-refractivity contribution < 1.29 is 9.47 Å². The van der Waals surface area contributed by atoms with E-state index >= 15 is 0 Å². The molecule has 3 rings (SSSR count). The highest BCUT2D eigenvalue weighted by Gasteiger charge is 2.12. The van der Waals surface area contributed by atoms with Crippen LogP contribution in [0.3, 0.4) is 0 Å². The largest absolute Gasteiger partial charge is 0.493 e. The Kier molecular flexibility index (Phi) is 7.44. The number of ether oxygens (including phenoxy) is 2. The molecule has 3 aromatic rings. The molecule has 8 heteroatoms. The smallest absolute Gasteiger partial charge is 0.162 e. The molecule has 6 nitrogen and oxygen atoms in total. The summed E-state index contributed by atoms with van der Waals surface area (Å²) in [5.41, 5.74) is 7.23. The summed E-state index contributed by atoms with van der Waals surface area (Å²) in [6.07, 6.45) is 2.30. The number of fused-ring (bicyclic) bond motifs is 1. The molecule has 0 aliphatic heterocycles. The van der Waals surface area contributed by atoms with Crippen LogP contribution in [0.5, 0.6) is 11.5 Å². The van der Waals surface area contributed by atoms with Crippen LogP contribution in [0.1, 0.15) is 6.42 Å². The van der Waals surface area contributed by atoms with Gasteiger partial charge in [-0.25, -0.2) is 9.97 Å². The molecule has 3 N–H and O–H groups in total. The number of halogens is 2. The van der Waals surface area contributed by atoms with Crippen molar-refractivity contribution >= 4 is 50.7 Å². The van der Waals surface area contributed by atoms with E-state index in [2.05, 4.69) is 31.2 Å². The molecule has 0 saturated carbocycles. The summed E-state index contributed by atoms with van der Waals surface area (Å²) >= 11 is 3.47. The molecule has 2 aromatic carbocycles. The van der Waals surface area contributed by atoms with E-state index in [0.717, 1.165) is 27.5 Å². The van der Waals surface area contributed by atoms with E-state index in [-0.39, 0.29) is 12.4 Å². The van der Waals surface area contributed by atoms with E-state index < -0.39 is 0 Å². The zero-order chi connectivity index (χ0) is 17.6. The van der Waals surface area contributed by atoms with Crippen molar-refractivity contribution in [2.24, 2.45) is 5.73 Å². The van der Waals surface area contributed by atoms with Crippen molar-refractivity contribution in [2.45, 2.75) is 6.42 Å². The number of nitrogens with one attached hydrogen (secondary N) is 1. The number of rotatable bonds is 7. The zero-order valence-corrected chi connectivity index (χ0v) is 16.6. The summed E-state index contributed by atoms with van der Waals surface area (Å²) in [6.45, 7) is 1.11. The standard InChI is InChI=1S/C18H19BrN4O2.ClH/c1-24-16-10-15-14(9-17(16)25-7-3-6-20)18(22-11-21-15)23-13-5-2-4-12(19)8-13;/h2,4-5,8-11H,3,6-7,20H2,1H3,(H,21,22,23);1H. The minimum Gasteiger partial charge on any atom is -0.493 e. The summed E-state index contributed by atoms with van der Waals surface area (Å²) in [7, 11) is 1.61. The van der Waals surface area contributed by atoms with E-state index in [0.29, 0.717) is 30.5 Å². The molecule has 26 heavy (non-hydrogen) atoms. The van der Waals surface area contributed by atoms with Crippen molar-refractivity contribution in [3.8, 4) is 11.5 Å². The Morgan fingerprint density at radius 1 is 1.15 bits per heavy atom. The Morgan fingerprint density at radius 3 is 2.73 bits per heavy atom. The lowest BCUT2D eigenvalue weighted by Crippen LogP contribution is -2.07. The summed E-state index contributed by atoms with van der Waals surface area (Å²) in [6, 6.07) is 11.6. The maximum Gasteiger partial charge on any atom is 0.162 e. The van der Waals surface area contributed by atoms with Gasteiger partial charge >= 0.3 is 0 Å². The topological polar surface area (TPSA) is 82.3 Å². The van der Waals surface area contributed by atoms with Crippen LogP contribution in [-0.2, 0) is 0 Å². The first-order chi connectivity index (χ1) is 12.2. The molecule has 138 valence electrons. The van der Waals surface area contributed by atoms with Crippen LogP contribution in [0.2, 0.25) is 0 Å². The van der Waals surface area contributed by atoms with E-state index in [1.165, 1.54) is 6.33 Å². The van der Waals surface area contributed by atoms with Gasteiger partial charge in [-0.1, -0.05) is 22.0 Å². The van der Waals surface area contributed by atoms with Gasteiger partial charge < -0.3 is 20.5 Å². The molecule has 0 radical (unpaired) electrons. The van der Waals surface area contributed by atoms with Crippen molar-refractivity contribution in [3.63, 3.8) is 0 Å². The van der Waals surface area contributed by atoms with Crippen molar-refractivity contribution in [2.75, 3.05) is 25.6 Å². The first kappa shape index (κ1) is 20.2. The zero-order valence-electron chi connectivity index (χ0n) is 14.2. The first-order valence-corrected chi connectivity index (χ1v) is 8.69. The molecule has 0 aliphatic rings. The second kappa shape index (κ2) is 9.56. The second-order valence-corrected chi connectivity index (χ2v) is 6.28. The first-order valence-electron chi connectivity index (χ1n) is 7.89. The highest BCUT2D eigenvalue weighted by atomic mass is 79.9. The van der Waals surface area contributed by atoms with Crippen LogP contribution in [0.25, 0.3) is 10.9 Å². The lowest BCUT2D eigenvalue weighted by molar-refractivity contribution is 0.292. The Labute approximate surface area is 166 Å². The predicted octanol–water partition coefficient (Wildman–Crippen LogP) is 4.29. The maximum atomic E-state index is 5.81. The Balaban J connectivity index is 0.00000243. The molecule has 1 heterocycles. The number of anilines is 2. The third-order valence-corrected chi connectivity index (χ3v) is 4.11. The molecule has 0 atom stereocenters. The van der Waals surface area contributed by atoms with Crippen molar-refractivity contribution in [1.29, 1.82) is 0 Å². The molecule has 0 saturated heterocycles. The molecule has 0 spiro atoms. The van der Waals surface area contributed by atoms with Gasteiger partial charge in [-0.15, -0.1) is 12.4 Å². The van der Waals surface area contributed by atoms with Gasteiger partial charge in [0.05, 0.1) is 19.2 Å². The average Bonchev–Trinajstić information content (AvgIpc) is 2.62. The van der Waals surface area contributed by atoms with Gasteiger partial charge in [0.2, 0.25) is 0 Å². The Hall–Kier alpha value is -2.09. The lowest BCUT2D eigenvalue weighted by atomic mass is 10.2. The predicted molar refractivity (Wildman–Crippen MR) is 110 cm³/mol. The Bertz CT molecular complexity index is 879. The number of aromatic nitrogens is 2. The monoisotopic (exact) mass is 438 g/mol. The average molecular weight is 440 g/mol. The normalized spacial score (nSPS) is 10.3.